The lowest BCUT2D eigenvalue weighted by atomic mass is 9.76. The predicted molar refractivity (Wildman–Crippen MR) is 114 cm³/mol. The largest absolute Gasteiger partial charge is 0.487 e. The highest BCUT2D eigenvalue weighted by Crippen LogP contribution is 2.44. The molecule has 2 amide bonds. The van der Waals surface area contributed by atoms with Crippen LogP contribution in [0.2, 0.25) is 0 Å². The number of carbonyl (C=O) groups is 1. The summed E-state index contributed by atoms with van der Waals surface area (Å²) >= 11 is 0. The predicted octanol–water partition coefficient (Wildman–Crippen LogP) is 3.70. The number of ether oxygens (including phenoxy) is 1. The van der Waals surface area contributed by atoms with Gasteiger partial charge in [-0.3, -0.25) is 4.98 Å². The first-order valence-corrected chi connectivity index (χ1v) is 10.3. The lowest BCUT2D eigenvalue weighted by molar-refractivity contribution is 0.0994. The molecule has 7 heteroatoms. The van der Waals surface area contributed by atoms with Crippen LogP contribution in [0.25, 0.3) is 0 Å². The van der Waals surface area contributed by atoms with E-state index >= 15 is 0 Å². The van der Waals surface area contributed by atoms with Crippen molar-refractivity contribution in [2.24, 2.45) is 5.73 Å². The molecule has 1 unspecified atom stereocenters. The molecule has 0 saturated carbocycles. The number of carbonyl (C=O) groups excluding carboxylic acids is 1. The van der Waals surface area contributed by atoms with Gasteiger partial charge in [-0.05, 0) is 38.5 Å². The molecule has 1 saturated heterocycles. The van der Waals surface area contributed by atoms with Crippen molar-refractivity contribution in [3.63, 3.8) is 0 Å². The first-order valence-electron chi connectivity index (χ1n) is 10.3. The molecule has 3 heterocycles. The quantitative estimate of drug-likeness (QED) is 0.835. The van der Waals surface area contributed by atoms with E-state index in [1.165, 1.54) is 11.8 Å². The number of rotatable bonds is 3. The summed E-state index contributed by atoms with van der Waals surface area (Å²) in [6, 6.07) is 7.31. The van der Waals surface area contributed by atoms with E-state index < -0.39 is 11.6 Å². The normalized spacial score (nSPS) is 23.6. The minimum absolute atomic E-state index is 0.0369. The van der Waals surface area contributed by atoms with Crippen LogP contribution in [0.5, 0.6) is 5.75 Å². The Morgan fingerprint density at radius 2 is 2.03 bits per heavy atom. The minimum Gasteiger partial charge on any atom is -0.487 e. The number of aromatic nitrogens is 1. The van der Waals surface area contributed by atoms with E-state index in [-0.39, 0.29) is 17.3 Å². The summed E-state index contributed by atoms with van der Waals surface area (Å²) in [6.07, 6.45) is 3.61. The topological polar surface area (TPSA) is 71.7 Å². The molecule has 2 N–H and O–H groups in total. The van der Waals surface area contributed by atoms with E-state index in [9.17, 15) is 9.18 Å². The Hall–Kier alpha value is -2.83. The molecule has 30 heavy (non-hydrogen) atoms. The second-order valence-electron chi connectivity index (χ2n) is 9.18. The number of primary amides is 1. The molecule has 1 aromatic heterocycles. The van der Waals surface area contributed by atoms with Crippen LogP contribution in [0, 0.1) is 5.82 Å². The molecule has 2 atom stereocenters. The number of piperazine rings is 1. The maximum absolute atomic E-state index is 14.4. The van der Waals surface area contributed by atoms with Crippen LogP contribution in [0.3, 0.4) is 0 Å². The molecule has 1 aromatic carbocycles. The fourth-order valence-corrected chi connectivity index (χ4v) is 4.96. The Labute approximate surface area is 176 Å². The third-order valence-electron chi connectivity index (χ3n) is 6.64. The van der Waals surface area contributed by atoms with Crippen molar-refractivity contribution >= 4 is 11.7 Å². The first kappa shape index (κ1) is 20.4. The van der Waals surface area contributed by atoms with Crippen LogP contribution in [0.1, 0.15) is 44.7 Å². The van der Waals surface area contributed by atoms with Crippen molar-refractivity contribution in [1.29, 1.82) is 0 Å². The number of fused-ring (bicyclic) bond motifs is 1. The lowest BCUT2D eigenvalue weighted by Crippen LogP contribution is -2.66. The van der Waals surface area contributed by atoms with Gasteiger partial charge in [-0.15, -0.1) is 0 Å². The van der Waals surface area contributed by atoms with Gasteiger partial charge in [-0.25, -0.2) is 9.18 Å². The van der Waals surface area contributed by atoms with Crippen molar-refractivity contribution in [1.82, 2.24) is 9.88 Å². The van der Waals surface area contributed by atoms with Gasteiger partial charge in [0.2, 0.25) is 0 Å². The van der Waals surface area contributed by atoms with Crippen molar-refractivity contribution in [2.45, 2.75) is 51.2 Å². The van der Waals surface area contributed by atoms with Crippen molar-refractivity contribution in [2.75, 3.05) is 24.5 Å². The van der Waals surface area contributed by atoms with Crippen LogP contribution in [0.4, 0.5) is 14.9 Å². The van der Waals surface area contributed by atoms with Crippen LogP contribution in [-0.4, -0.2) is 46.7 Å². The minimum atomic E-state index is -0.623. The fourth-order valence-electron chi connectivity index (χ4n) is 4.96. The number of pyridine rings is 1. The zero-order chi connectivity index (χ0) is 21.7. The molecule has 2 aliphatic rings. The van der Waals surface area contributed by atoms with Gasteiger partial charge in [0, 0.05) is 43.7 Å². The van der Waals surface area contributed by atoms with Crippen molar-refractivity contribution < 1.29 is 13.9 Å². The standard InChI is InChI=1S/C23H29FN4O2/c1-15(16-6-5-7-20-17(16)12-22(2,3)30-20)23(4)14-27(10-11-28(23)21(25)29)19-8-9-26-13-18(19)24/h5-9,13,15H,10-12,14H2,1-4H3,(H2,25,29)/t15-,23?/m1/s1. The van der Waals surface area contributed by atoms with Crippen molar-refractivity contribution in [3.05, 3.63) is 53.6 Å². The fraction of sp³-hybridized carbons (Fsp3) is 0.478. The van der Waals surface area contributed by atoms with E-state index in [0.29, 0.717) is 25.3 Å². The highest BCUT2D eigenvalue weighted by Gasteiger charge is 2.46. The average molecular weight is 413 g/mol. The zero-order valence-corrected chi connectivity index (χ0v) is 18.0. The molecule has 2 aromatic rings. The van der Waals surface area contributed by atoms with Gasteiger partial charge in [0.25, 0.3) is 0 Å². The third-order valence-corrected chi connectivity index (χ3v) is 6.64. The molecular formula is C23H29FN4O2. The van der Waals surface area contributed by atoms with Crippen LogP contribution in [0.15, 0.2) is 36.7 Å². The van der Waals surface area contributed by atoms with Gasteiger partial charge in [0.05, 0.1) is 17.4 Å². The number of benzene rings is 1. The number of nitrogens with two attached hydrogens (primary N) is 1. The molecule has 160 valence electrons. The van der Waals surface area contributed by atoms with Gasteiger partial charge in [-0.1, -0.05) is 19.1 Å². The summed E-state index contributed by atoms with van der Waals surface area (Å²) in [4.78, 5) is 19.9. The van der Waals surface area contributed by atoms with E-state index in [2.05, 4.69) is 31.8 Å². The summed E-state index contributed by atoms with van der Waals surface area (Å²) in [7, 11) is 0. The molecule has 0 radical (unpaired) electrons. The summed E-state index contributed by atoms with van der Waals surface area (Å²) < 4.78 is 20.6. The molecule has 0 spiro atoms. The van der Waals surface area contributed by atoms with E-state index in [4.69, 9.17) is 10.5 Å². The second kappa shape index (κ2) is 7.15. The van der Waals surface area contributed by atoms with Gasteiger partial charge in [-0.2, -0.15) is 0 Å². The molecule has 0 aliphatic carbocycles. The second-order valence-corrected chi connectivity index (χ2v) is 9.18. The maximum Gasteiger partial charge on any atom is 0.315 e. The molecule has 0 bridgehead atoms. The highest BCUT2D eigenvalue weighted by atomic mass is 19.1. The Bertz CT molecular complexity index is 979. The molecule has 4 rings (SSSR count). The Balaban J connectivity index is 1.73. The van der Waals surface area contributed by atoms with Gasteiger partial charge in [0.15, 0.2) is 5.82 Å². The van der Waals surface area contributed by atoms with Crippen LogP contribution in [-0.2, 0) is 6.42 Å². The van der Waals surface area contributed by atoms with E-state index in [1.54, 1.807) is 17.2 Å². The number of anilines is 1. The zero-order valence-electron chi connectivity index (χ0n) is 18.0. The molecular weight excluding hydrogens is 383 g/mol. The SMILES string of the molecule is C[C@H](c1cccc2c1CC(C)(C)O2)C1(C)CN(c2ccncc2F)CCN1C(N)=O. The third kappa shape index (κ3) is 3.36. The van der Waals surface area contributed by atoms with Gasteiger partial charge < -0.3 is 20.3 Å². The monoisotopic (exact) mass is 412 g/mol. The number of hydrogen-bond acceptors (Lipinski definition) is 4. The molecule has 6 nitrogen and oxygen atoms in total. The van der Waals surface area contributed by atoms with Crippen LogP contribution < -0.4 is 15.4 Å². The van der Waals surface area contributed by atoms with Gasteiger partial charge in [0.1, 0.15) is 11.4 Å². The number of nitrogens with zero attached hydrogens (tertiary/aromatic N) is 3. The number of hydrogen-bond donors (Lipinski definition) is 1. The summed E-state index contributed by atoms with van der Waals surface area (Å²) in [5.41, 5.74) is 7.71. The number of halogens is 1. The number of urea groups is 1. The lowest BCUT2D eigenvalue weighted by Gasteiger charge is -2.52. The highest BCUT2D eigenvalue weighted by molar-refractivity contribution is 5.74. The maximum atomic E-state index is 14.4. The Morgan fingerprint density at radius 1 is 1.27 bits per heavy atom. The Kier molecular flexibility index (Phi) is 4.87. The summed E-state index contributed by atoms with van der Waals surface area (Å²) in [5.74, 6) is 0.493. The average Bonchev–Trinajstić information content (AvgIpc) is 3.01. The Morgan fingerprint density at radius 3 is 2.73 bits per heavy atom. The molecule has 1 fully saturated rings. The van der Waals surface area contributed by atoms with Crippen LogP contribution >= 0.6 is 0 Å². The smallest absolute Gasteiger partial charge is 0.315 e. The summed E-state index contributed by atoms with van der Waals surface area (Å²) in [6.45, 7) is 9.70. The first-order chi connectivity index (χ1) is 14.1. The van der Waals surface area contributed by atoms with Gasteiger partial charge >= 0.3 is 6.03 Å². The molecule has 2 aliphatic heterocycles. The van der Waals surface area contributed by atoms with Crippen molar-refractivity contribution in [3.8, 4) is 5.75 Å². The van der Waals surface area contributed by atoms with E-state index in [0.717, 1.165) is 17.7 Å². The van der Waals surface area contributed by atoms with E-state index in [1.807, 2.05) is 24.0 Å². The number of amides is 2. The summed E-state index contributed by atoms with van der Waals surface area (Å²) in [5, 5.41) is 0.